The Morgan fingerprint density at radius 3 is 2.67 bits per heavy atom. The number of hydrogen-bond acceptors (Lipinski definition) is 4. The topological polar surface area (TPSA) is 64.8 Å². The number of carbonyl (C=O) groups is 1. The number of benzene rings is 1. The molecular formula is C18H25FN2O3. The third kappa shape index (κ3) is 3.39. The summed E-state index contributed by atoms with van der Waals surface area (Å²) in [5.74, 6) is 0.569. The SMILES string of the molecule is COC1[C@@H]2CC[C@H]1CN(C(=O)c1cc(F)ccc1OCCCN)C2. The fraction of sp³-hybridized carbons (Fsp3) is 0.611. The number of nitrogens with zero attached hydrogens (tertiary/aromatic N) is 1. The van der Waals surface area contributed by atoms with Gasteiger partial charge in [0, 0.05) is 32.0 Å². The number of halogens is 1. The standard InChI is InChI=1S/C18H25FN2O3/c1-23-17-12-3-4-13(17)11-21(10-12)18(22)15-9-14(19)5-6-16(15)24-8-2-7-20/h5-6,9,12-13,17H,2-4,7-8,10-11,20H2,1H3/t12-,13+,17?. The third-order valence-electron chi connectivity index (χ3n) is 5.08. The van der Waals surface area contributed by atoms with E-state index in [9.17, 15) is 9.18 Å². The predicted octanol–water partition coefficient (Wildman–Crippen LogP) is 2.05. The minimum atomic E-state index is -0.431. The van der Waals surface area contributed by atoms with Crippen LogP contribution in [0.1, 0.15) is 29.6 Å². The molecule has 2 aliphatic rings. The molecule has 0 radical (unpaired) electrons. The molecule has 3 atom stereocenters. The van der Waals surface area contributed by atoms with Crippen molar-refractivity contribution in [2.45, 2.75) is 25.4 Å². The van der Waals surface area contributed by atoms with Gasteiger partial charge >= 0.3 is 0 Å². The highest BCUT2D eigenvalue weighted by molar-refractivity contribution is 5.97. The summed E-state index contributed by atoms with van der Waals surface area (Å²) < 4.78 is 24.9. The molecule has 1 heterocycles. The van der Waals surface area contributed by atoms with Crippen LogP contribution in [0.2, 0.25) is 0 Å². The van der Waals surface area contributed by atoms with Gasteiger partial charge in [0.1, 0.15) is 11.6 Å². The molecule has 0 aromatic heterocycles. The minimum absolute atomic E-state index is 0.163. The van der Waals surface area contributed by atoms with Crippen LogP contribution < -0.4 is 10.5 Å². The van der Waals surface area contributed by atoms with Crippen LogP contribution in [0.5, 0.6) is 5.75 Å². The Bertz CT molecular complexity index is 582. The normalized spacial score (nSPS) is 25.8. The molecule has 1 aromatic rings. The number of hydrogen-bond donors (Lipinski definition) is 1. The quantitative estimate of drug-likeness (QED) is 0.808. The zero-order valence-corrected chi connectivity index (χ0v) is 14.0. The van der Waals surface area contributed by atoms with E-state index in [-0.39, 0.29) is 12.0 Å². The summed E-state index contributed by atoms with van der Waals surface area (Å²) >= 11 is 0. The lowest BCUT2D eigenvalue weighted by molar-refractivity contribution is -0.0114. The van der Waals surface area contributed by atoms with Crippen molar-refractivity contribution in [1.82, 2.24) is 4.90 Å². The highest BCUT2D eigenvalue weighted by atomic mass is 19.1. The molecule has 3 rings (SSSR count). The van der Waals surface area contributed by atoms with E-state index in [1.54, 1.807) is 7.11 Å². The van der Waals surface area contributed by atoms with E-state index in [1.807, 2.05) is 4.90 Å². The van der Waals surface area contributed by atoms with Crippen LogP contribution >= 0.6 is 0 Å². The number of methoxy groups -OCH3 is 1. The Hall–Kier alpha value is -1.66. The van der Waals surface area contributed by atoms with Gasteiger partial charge in [-0.3, -0.25) is 4.79 Å². The predicted molar refractivity (Wildman–Crippen MR) is 88.5 cm³/mol. The van der Waals surface area contributed by atoms with E-state index < -0.39 is 5.82 Å². The molecule has 2 N–H and O–H groups in total. The number of rotatable bonds is 6. The highest BCUT2D eigenvalue weighted by Gasteiger charge is 2.43. The van der Waals surface area contributed by atoms with Crippen LogP contribution in [-0.2, 0) is 4.74 Å². The van der Waals surface area contributed by atoms with Crippen LogP contribution in [0.4, 0.5) is 4.39 Å². The third-order valence-corrected chi connectivity index (χ3v) is 5.08. The highest BCUT2D eigenvalue weighted by Crippen LogP contribution is 2.39. The number of amides is 1. The van der Waals surface area contributed by atoms with Gasteiger partial charge in [0.2, 0.25) is 0 Å². The van der Waals surface area contributed by atoms with Crippen molar-refractivity contribution < 1.29 is 18.7 Å². The largest absolute Gasteiger partial charge is 0.493 e. The lowest BCUT2D eigenvalue weighted by Gasteiger charge is -2.37. The second-order valence-electron chi connectivity index (χ2n) is 6.64. The zero-order valence-electron chi connectivity index (χ0n) is 14.0. The molecule has 24 heavy (non-hydrogen) atoms. The van der Waals surface area contributed by atoms with Crippen molar-refractivity contribution >= 4 is 5.91 Å². The molecule has 5 nitrogen and oxygen atoms in total. The first kappa shape index (κ1) is 17.2. The number of nitrogens with two attached hydrogens (primary N) is 1. The van der Waals surface area contributed by atoms with Crippen LogP contribution in [0.3, 0.4) is 0 Å². The van der Waals surface area contributed by atoms with E-state index in [0.717, 1.165) is 12.8 Å². The Morgan fingerprint density at radius 2 is 2.04 bits per heavy atom. The van der Waals surface area contributed by atoms with Gasteiger partial charge in [-0.1, -0.05) is 0 Å². The first-order valence-corrected chi connectivity index (χ1v) is 8.58. The van der Waals surface area contributed by atoms with E-state index in [2.05, 4.69) is 0 Å². The lowest BCUT2D eigenvalue weighted by atomic mass is 9.94. The average molecular weight is 336 g/mol. The van der Waals surface area contributed by atoms with Gasteiger partial charge in [-0.25, -0.2) is 4.39 Å². The van der Waals surface area contributed by atoms with E-state index in [0.29, 0.717) is 55.8 Å². The van der Waals surface area contributed by atoms with E-state index >= 15 is 0 Å². The molecule has 1 aliphatic heterocycles. The molecular weight excluding hydrogens is 311 g/mol. The number of fused-ring (bicyclic) bond motifs is 2. The van der Waals surface area contributed by atoms with Crippen molar-refractivity contribution in [3.8, 4) is 5.75 Å². The summed E-state index contributed by atoms with van der Waals surface area (Å²) in [5.41, 5.74) is 5.76. The van der Waals surface area contributed by atoms with Gasteiger partial charge < -0.3 is 20.1 Å². The van der Waals surface area contributed by atoms with Gasteiger partial charge in [-0.2, -0.15) is 0 Å². The maximum atomic E-state index is 13.7. The summed E-state index contributed by atoms with van der Waals surface area (Å²) in [6, 6.07) is 4.11. The molecule has 132 valence electrons. The van der Waals surface area contributed by atoms with Gasteiger partial charge in [0.05, 0.1) is 18.3 Å². The Morgan fingerprint density at radius 1 is 1.33 bits per heavy atom. The second-order valence-corrected chi connectivity index (χ2v) is 6.64. The molecule has 1 amide bonds. The van der Waals surface area contributed by atoms with E-state index in [1.165, 1.54) is 18.2 Å². The molecule has 6 heteroatoms. The van der Waals surface area contributed by atoms with Gasteiger partial charge in [-0.15, -0.1) is 0 Å². The van der Waals surface area contributed by atoms with Crippen molar-refractivity contribution in [3.63, 3.8) is 0 Å². The smallest absolute Gasteiger partial charge is 0.257 e. The fourth-order valence-corrected chi connectivity index (χ4v) is 3.95. The van der Waals surface area contributed by atoms with Crippen molar-refractivity contribution in [1.29, 1.82) is 0 Å². The second kappa shape index (κ2) is 7.49. The maximum absolute atomic E-state index is 13.7. The van der Waals surface area contributed by atoms with Gasteiger partial charge in [0.15, 0.2) is 0 Å². The lowest BCUT2D eigenvalue weighted by Crippen LogP contribution is -2.48. The maximum Gasteiger partial charge on any atom is 0.257 e. The van der Waals surface area contributed by atoms with Crippen LogP contribution in [-0.4, -0.2) is 50.3 Å². The molecule has 1 aromatic carbocycles. The van der Waals surface area contributed by atoms with Gasteiger partial charge in [-0.05, 0) is 44.0 Å². The average Bonchev–Trinajstić information content (AvgIpc) is 2.83. The zero-order chi connectivity index (χ0) is 17.1. The summed E-state index contributed by atoms with van der Waals surface area (Å²) in [6.45, 7) is 2.25. The van der Waals surface area contributed by atoms with Crippen LogP contribution in [0.15, 0.2) is 18.2 Å². The van der Waals surface area contributed by atoms with Crippen molar-refractivity contribution in [2.75, 3.05) is 33.4 Å². The Balaban J connectivity index is 1.76. The molecule has 1 aliphatic carbocycles. The Labute approximate surface area is 141 Å². The monoisotopic (exact) mass is 336 g/mol. The Kier molecular flexibility index (Phi) is 5.36. The molecule has 1 saturated heterocycles. The molecule has 1 saturated carbocycles. The fourth-order valence-electron chi connectivity index (χ4n) is 3.95. The first-order chi connectivity index (χ1) is 11.6. The summed E-state index contributed by atoms with van der Waals surface area (Å²) in [7, 11) is 1.74. The molecule has 0 spiro atoms. The number of carbonyl (C=O) groups excluding carboxylic acids is 1. The van der Waals surface area contributed by atoms with Gasteiger partial charge in [0.25, 0.3) is 5.91 Å². The molecule has 1 unspecified atom stereocenters. The van der Waals surface area contributed by atoms with Crippen molar-refractivity contribution in [3.05, 3.63) is 29.6 Å². The number of likely N-dealkylation sites (tertiary alicyclic amines) is 1. The summed E-state index contributed by atoms with van der Waals surface area (Å²) in [4.78, 5) is 14.8. The molecule has 2 fully saturated rings. The van der Waals surface area contributed by atoms with Crippen molar-refractivity contribution in [2.24, 2.45) is 17.6 Å². The van der Waals surface area contributed by atoms with Crippen LogP contribution in [0.25, 0.3) is 0 Å². The first-order valence-electron chi connectivity index (χ1n) is 8.58. The summed E-state index contributed by atoms with van der Waals surface area (Å²) in [6.07, 6.45) is 3.09. The molecule has 2 bridgehead atoms. The minimum Gasteiger partial charge on any atom is -0.493 e. The van der Waals surface area contributed by atoms with Crippen LogP contribution in [0, 0.1) is 17.7 Å². The number of piperidine rings is 1. The number of ether oxygens (including phenoxy) is 2. The van der Waals surface area contributed by atoms with E-state index in [4.69, 9.17) is 15.2 Å². The summed E-state index contributed by atoms with van der Waals surface area (Å²) in [5, 5.41) is 0.